The first-order valence-electron chi connectivity index (χ1n) is 10.8. The second-order valence-corrected chi connectivity index (χ2v) is 8.37. The maximum atomic E-state index is 12.8. The van der Waals surface area contributed by atoms with E-state index in [1.165, 1.54) is 25.3 Å². The number of anilines is 1. The van der Waals surface area contributed by atoms with Crippen LogP contribution in [0.2, 0.25) is 5.02 Å². The van der Waals surface area contributed by atoms with Crippen LogP contribution in [0, 0.1) is 0 Å². The maximum Gasteiger partial charge on any atom is 0.407 e. The van der Waals surface area contributed by atoms with Crippen molar-refractivity contribution in [2.75, 3.05) is 25.6 Å². The first-order valence-corrected chi connectivity index (χ1v) is 11.2. The molecule has 1 aliphatic rings. The first-order chi connectivity index (χ1) is 16.9. The number of carbonyl (C=O) groups excluding carboxylic acids is 2. The van der Waals surface area contributed by atoms with Crippen LogP contribution in [0.15, 0.2) is 66.7 Å². The average Bonchev–Trinajstić information content (AvgIpc) is 3.17. The highest BCUT2D eigenvalue weighted by Gasteiger charge is 2.30. The molecule has 0 unspecified atom stereocenters. The molecule has 35 heavy (non-hydrogen) atoms. The molecule has 9 heteroatoms. The number of amides is 2. The third-order valence-electron chi connectivity index (χ3n) is 5.75. The summed E-state index contributed by atoms with van der Waals surface area (Å²) in [6.07, 6.45) is -0.772. The lowest BCUT2D eigenvalue weighted by Gasteiger charge is -2.19. The molecule has 8 nitrogen and oxygen atoms in total. The van der Waals surface area contributed by atoms with E-state index in [0.717, 1.165) is 22.3 Å². The van der Waals surface area contributed by atoms with Gasteiger partial charge in [-0.3, -0.25) is 4.79 Å². The number of hydrogen-bond acceptors (Lipinski definition) is 5. The van der Waals surface area contributed by atoms with Crippen molar-refractivity contribution in [2.24, 2.45) is 0 Å². The summed E-state index contributed by atoms with van der Waals surface area (Å²) in [5.41, 5.74) is 4.42. The quantitative estimate of drug-likeness (QED) is 0.424. The molecule has 0 radical (unpaired) electrons. The monoisotopic (exact) mass is 494 g/mol. The van der Waals surface area contributed by atoms with Gasteiger partial charge in [0.2, 0.25) is 5.91 Å². The van der Waals surface area contributed by atoms with Gasteiger partial charge in [0.05, 0.1) is 17.2 Å². The van der Waals surface area contributed by atoms with Gasteiger partial charge in [-0.25, -0.2) is 9.59 Å². The number of hydrogen-bond donors (Lipinski definition) is 3. The standard InChI is InChI=1S/C26H23ClN2O6/c1-34-14-23(24(30)28-15-10-11-22(27)20(12-15)25(31)32)29-26(33)35-13-21-18-8-4-2-6-16(18)17-7-3-5-9-19(17)21/h2-12,21,23H,13-14H2,1H3,(H,28,30)(H,29,33)(H,31,32)/t23-/m0/s1. The largest absolute Gasteiger partial charge is 0.478 e. The van der Waals surface area contributed by atoms with Crippen LogP contribution < -0.4 is 10.6 Å². The van der Waals surface area contributed by atoms with Crippen LogP contribution in [0.1, 0.15) is 27.4 Å². The van der Waals surface area contributed by atoms with E-state index >= 15 is 0 Å². The molecular weight excluding hydrogens is 472 g/mol. The number of alkyl carbamates (subject to hydrolysis) is 1. The van der Waals surface area contributed by atoms with E-state index in [0.29, 0.717) is 0 Å². The second kappa shape index (κ2) is 10.6. The highest BCUT2D eigenvalue weighted by molar-refractivity contribution is 6.33. The van der Waals surface area contributed by atoms with E-state index in [1.54, 1.807) is 0 Å². The molecule has 0 bridgehead atoms. The molecule has 1 aliphatic carbocycles. The zero-order valence-electron chi connectivity index (χ0n) is 18.8. The molecule has 3 aromatic carbocycles. The van der Waals surface area contributed by atoms with Crippen molar-refractivity contribution in [3.8, 4) is 11.1 Å². The minimum Gasteiger partial charge on any atom is -0.478 e. The summed E-state index contributed by atoms with van der Waals surface area (Å²) in [5, 5.41) is 14.3. The van der Waals surface area contributed by atoms with Crippen molar-refractivity contribution in [3.05, 3.63) is 88.4 Å². The lowest BCUT2D eigenvalue weighted by molar-refractivity contribution is -0.119. The number of rotatable bonds is 8. The number of carboxylic acid groups (broad SMARTS) is 1. The molecule has 0 heterocycles. The van der Waals surface area contributed by atoms with Gasteiger partial charge >= 0.3 is 12.1 Å². The Kier molecular flexibility index (Phi) is 7.33. The topological polar surface area (TPSA) is 114 Å². The van der Waals surface area contributed by atoms with Gasteiger partial charge in [0.15, 0.2) is 0 Å². The van der Waals surface area contributed by atoms with Gasteiger partial charge in [0.1, 0.15) is 12.6 Å². The minimum atomic E-state index is -1.23. The summed E-state index contributed by atoms with van der Waals surface area (Å²) in [4.78, 5) is 36.6. The highest BCUT2D eigenvalue weighted by atomic mass is 35.5. The molecule has 3 aromatic rings. The number of methoxy groups -OCH3 is 1. The number of ether oxygens (including phenoxy) is 2. The van der Waals surface area contributed by atoms with Gasteiger partial charge in [-0.05, 0) is 40.5 Å². The Morgan fingerprint density at radius 1 is 1.00 bits per heavy atom. The zero-order chi connectivity index (χ0) is 24.9. The van der Waals surface area contributed by atoms with Gasteiger partial charge in [-0.2, -0.15) is 0 Å². The van der Waals surface area contributed by atoms with Crippen molar-refractivity contribution in [2.45, 2.75) is 12.0 Å². The lowest BCUT2D eigenvalue weighted by Crippen LogP contribution is -2.47. The number of aromatic carboxylic acids is 1. The van der Waals surface area contributed by atoms with Gasteiger partial charge in [0, 0.05) is 18.7 Å². The average molecular weight is 495 g/mol. The van der Waals surface area contributed by atoms with Crippen LogP contribution in [0.4, 0.5) is 10.5 Å². The Hall–Kier alpha value is -3.88. The molecule has 0 saturated heterocycles. The molecular formula is C26H23ClN2O6. The molecule has 0 aromatic heterocycles. The number of fused-ring (bicyclic) bond motifs is 3. The van der Waals surface area contributed by atoms with Crippen LogP contribution in [0.25, 0.3) is 11.1 Å². The predicted molar refractivity (Wildman–Crippen MR) is 131 cm³/mol. The molecule has 0 spiro atoms. The van der Waals surface area contributed by atoms with Gasteiger partial charge < -0.3 is 25.2 Å². The Labute approximate surface area is 206 Å². The van der Waals surface area contributed by atoms with E-state index in [4.69, 9.17) is 21.1 Å². The minimum absolute atomic E-state index is 0.0423. The molecule has 1 atom stereocenters. The van der Waals surface area contributed by atoms with Gasteiger partial charge in [0.25, 0.3) is 0 Å². The summed E-state index contributed by atoms with van der Waals surface area (Å²) in [6.45, 7) is -0.0181. The molecule has 2 amide bonds. The zero-order valence-corrected chi connectivity index (χ0v) is 19.5. The van der Waals surface area contributed by atoms with Gasteiger partial charge in [-0.1, -0.05) is 60.1 Å². The number of benzene rings is 3. The summed E-state index contributed by atoms with van der Waals surface area (Å²) in [6, 6.07) is 18.9. The summed E-state index contributed by atoms with van der Waals surface area (Å²) in [5.74, 6) is -1.94. The third kappa shape index (κ3) is 5.29. The summed E-state index contributed by atoms with van der Waals surface area (Å²) >= 11 is 5.87. The SMILES string of the molecule is COC[C@H](NC(=O)OCC1c2ccccc2-c2ccccc21)C(=O)Nc1ccc(Cl)c(C(=O)O)c1. The van der Waals surface area contributed by atoms with E-state index in [9.17, 15) is 19.5 Å². The fourth-order valence-electron chi connectivity index (χ4n) is 4.13. The van der Waals surface area contributed by atoms with Crippen LogP contribution in [0.3, 0.4) is 0 Å². The Bertz CT molecular complexity index is 1230. The number of nitrogens with one attached hydrogen (secondary N) is 2. The van der Waals surface area contributed by atoms with Crippen molar-refractivity contribution in [1.82, 2.24) is 5.32 Å². The summed E-state index contributed by atoms with van der Waals surface area (Å²) in [7, 11) is 1.39. The van der Waals surface area contributed by atoms with Crippen molar-refractivity contribution >= 4 is 35.3 Å². The van der Waals surface area contributed by atoms with E-state index in [2.05, 4.69) is 10.6 Å². The van der Waals surface area contributed by atoms with Gasteiger partial charge in [-0.15, -0.1) is 0 Å². The second-order valence-electron chi connectivity index (χ2n) is 7.97. The third-order valence-corrected chi connectivity index (χ3v) is 6.08. The predicted octanol–water partition coefficient (Wildman–Crippen LogP) is 4.53. The van der Waals surface area contributed by atoms with Crippen LogP contribution in [-0.4, -0.2) is 49.4 Å². The highest BCUT2D eigenvalue weighted by Crippen LogP contribution is 2.44. The van der Waals surface area contributed by atoms with Crippen LogP contribution in [-0.2, 0) is 14.3 Å². The fraction of sp³-hybridized carbons (Fsp3) is 0.192. The van der Waals surface area contributed by atoms with Crippen molar-refractivity contribution in [1.29, 1.82) is 0 Å². The smallest absolute Gasteiger partial charge is 0.407 e. The first kappa shape index (κ1) is 24.3. The molecule has 3 N–H and O–H groups in total. The molecule has 4 rings (SSSR count). The van der Waals surface area contributed by atoms with E-state index in [1.807, 2.05) is 48.5 Å². The molecule has 180 valence electrons. The van der Waals surface area contributed by atoms with E-state index < -0.39 is 24.0 Å². The number of carboxylic acids is 1. The maximum absolute atomic E-state index is 12.8. The molecule has 0 saturated carbocycles. The molecule has 0 fully saturated rings. The Morgan fingerprint density at radius 3 is 2.23 bits per heavy atom. The van der Waals surface area contributed by atoms with Crippen molar-refractivity contribution < 1.29 is 29.0 Å². The Balaban J connectivity index is 1.41. The van der Waals surface area contributed by atoms with E-state index in [-0.39, 0.29) is 35.4 Å². The molecule has 0 aliphatic heterocycles. The van der Waals surface area contributed by atoms with Crippen LogP contribution in [0.5, 0.6) is 0 Å². The normalized spacial score (nSPS) is 12.9. The number of carbonyl (C=O) groups is 3. The van der Waals surface area contributed by atoms with Crippen molar-refractivity contribution in [3.63, 3.8) is 0 Å². The summed E-state index contributed by atoms with van der Waals surface area (Å²) < 4.78 is 10.6. The Morgan fingerprint density at radius 2 is 1.63 bits per heavy atom. The lowest BCUT2D eigenvalue weighted by atomic mass is 9.98. The fourth-order valence-corrected chi connectivity index (χ4v) is 4.33. The van der Waals surface area contributed by atoms with Crippen LogP contribution >= 0.6 is 11.6 Å². The number of halogens is 1.